The lowest BCUT2D eigenvalue weighted by molar-refractivity contribution is 0.330. The van der Waals surface area contributed by atoms with E-state index in [0.29, 0.717) is 6.42 Å². The highest BCUT2D eigenvalue weighted by Gasteiger charge is 2.08. The predicted octanol–water partition coefficient (Wildman–Crippen LogP) is 7.00. The number of hydrogen-bond donors (Lipinski definition) is 0. The lowest BCUT2D eigenvalue weighted by Gasteiger charge is -2.11. The molecule has 3 rings (SSSR count). The Bertz CT molecular complexity index is 902. The van der Waals surface area contributed by atoms with E-state index in [1.165, 1.54) is 22.3 Å². The highest BCUT2D eigenvalue weighted by molar-refractivity contribution is 5.72. The van der Waals surface area contributed by atoms with E-state index >= 15 is 0 Å². The molecule has 0 saturated carbocycles. The maximum atomic E-state index is 12.8. The average molecular weight is 389 g/mol. The number of rotatable bonds is 10. The van der Waals surface area contributed by atoms with E-state index in [1.807, 2.05) is 6.08 Å². The van der Waals surface area contributed by atoms with Crippen molar-refractivity contribution in [2.75, 3.05) is 0 Å². The van der Waals surface area contributed by atoms with Gasteiger partial charge in [-0.25, -0.2) is 4.39 Å². The summed E-state index contributed by atoms with van der Waals surface area (Å²) in [6.45, 7) is 5.54. The number of aromatic nitrogens is 2. The molecule has 1 atom stereocenters. The molecule has 0 aliphatic heterocycles. The molecule has 2 nitrogen and oxygen atoms in total. The minimum absolute atomic E-state index is 0.677. The quantitative estimate of drug-likeness (QED) is 0.276. The third kappa shape index (κ3) is 6.08. The fraction of sp³-hybridized carbons (Fsp3) is 0.308. The highest BCUT2D eigenvalue weighted by Crippen LogP contribution is 2.28. The van der Waals surface area contributed by atoms with Crippen molar-refractivity contribution in [2.24, 2.45) is 0 Å². The van der Waals surface area contributed by atoms with Gasteiger partial charge >= 0.3 is 0 Å². The van der Waals surface area contributed by atoms with Crippen LogP contribution in [0.3, 0.4) is 0 Å². The van der Waals surface area contributed by atoms with Crippen molar-refractivity contribution in [1.29, 1.82) is 0 Å². The molecule has 0 amide bonds. The molecule has 0 N–H and O–H groups in total. The Balaban J connectivity index is 1.70. The molecule has 2 aromatic carbocycles. The molecule has 0 bridgehead atoms. The molecule has 0 radical (unpaired) electrons. The average Bonchev–Trinajstić information content (AvgIpc) is 2.74. The van der Waals surface area contributed by atoms with Crippen LogP contribution in [0.2, 0.25) is 0 Å². The van der Waals surface area contributed by atoms with Crippen molar-refractivity contribution in [3.8, 4) is 22.4 Å². The summed E-state index contributed by atoms with van der Waals surface area (Å²) in [6, 6.07) is 15.3. The molecule has 0 fully saturated rings. The number of alkyl halides is 1. The van der Waals surface area contributed by atoms with E-state index in [-0.39, 0.29) is 0 Å². The van der Waals surface area contributed by atoms with Crippen LogP contribution in [0.5, 0.6) is 0 Å². The van der Waals surface area contributed by atoms with Crippen LogP contribution in [-0.4, -0.2) is 16.1 Å². The Labute approximate surface area is 173 Å². The zero-order chi connectivity index (χ0) is 20.5. The van der Waals surface area contributed by atoms with E-state index in [9.17, 15) is 4.39 Å². The Morgan fingerprint density at radius 2 is 1.79 bits per heavy atom. The molecule has 1 unspecified atom stereocenters. The smallest absolute Gasteiger partial charge is 0.0973 e. The fourth-order valence-electron chi connectivity index (χ4n) is 3.58. The van der Waals surface area contributed by atoms with Crippen molar-refractivity contribution in [3.63, 3.8) is 0 Å². The minimum Gasteiger partial charge on any atom is -0.261 e. The van der Waals surface area contributed by atoms with Gasteiger partial charge in [-0.1, -0.05) is 61.4 Å². The number of allylic oxidation sites excluding steroid dienone is 1. The van der Waals surface area contributed by atoms with E-state index in [2.05, 4.69) is 59.0 Å². The maximum absolute atomic E-state index is 12.8. The van der Waals surface area contributed by atoms with E-state index < -0.39 is 6.17 Å². The van der Waals surface area contributed by atoms with Gasteiger partial charge in [-0.05, 0) is 54.9 Å². The second-order valence-corrected chi connectivity index (χ2v) is 7.53. The van der Waals surface area contributed by atoms with Gasteiger partial charge in [0.05, 0.1) is 18.1 Å². The van der Waals surface area contributed by atoms with Gasteiger partial charge in [-0.2, -0.15) is 0 Å². The van der Waals surface area contributed by atoms with Gasteiger partial charge in [0, 0.05) is 18.0 Å². The van der Waals surface area contributed by atoms with Crippen LogP contribution in [0, 0.1) is 0 Å². The lowest BCUT2D eigenvalue weighted by atomic mass is 9.95. The first-order chi connectivity index (χ1) is 14.2. The number of aryl methyl sites for hydroxylation is 1. The first-order valence-electron chi connectivity index (χ1n) is 10.4. The standard InChI is InChI=1S/C26H29FN2/c1-3-7-24-18-23(14-15-25(24)26-19-28-16-17-29-26)22-12-10-21(11-13-22)9-6-4-5-8-20(2)27/h3,10-20H,1,4-9H2,2H3. The molecule has 29 heavy (non-hydrogen) atoms. The normalized spacial score (nSPS) is 11.9. The number of nitrogens with zero attached hydrogens (tertiary/aromatic N) is 2. The molecule has 3 aromatic rings. The maximum Gasteiger partial charge on any atom is 0.0973 e. The molecular formula is C26H29FN2. The van der Waals surface area contributed by atoms with Gasteiger partial charge in [0.25, 0.3) is 0 Å². The second kappa shape index (κ2) is 10.7. The van der Waals surface area contributed by atoms with Crippen molar-refractivity contribution >= 4 is 0 Å². The number of halogens is 1. The minimum atomic E-state index is -0.680. The van der Waals surface area contributed by atoms with Gasteiger partial charge in [-0.15, -0.1) is 6.58 Å². The first kappa shape index (κ1) is 20.9. The number of hydrogen-bond acceptors (Lipinski definition) is 2. The largest absolute Gasteiger partial charge is 0.261 e. The monoisotopic (exact) mass is 388 g/mol. The van der Waals surface area contributed by atoms with E-state index in [1.54, 1.807) is 25.5 Å². The molecule has 1 aromatic heterocycles. The van der Waals surface area contributed by atoms with Gasteiger partial charge in [0.1, 0.15) is 0 Å². The van der Waals surface area contributed by atoms with Gasteiger partial charge in [-0.3, -0.25) is 9.97 Å². The third-order valence-electron chi connectivity index (χ3n) is 5.16. The topological polar surface area (TPSA) is 25.8 Å². The van der Waals surface area contributed by atoms with Crippen molar-refractivity contribution < 1.29 is 4.39 Å². The Kier molecular flexibility index (Phi) is 7.69. The summed E-state index contributed by atoms with van der Waals surface area (Å²) >= 11 is 0. The van der Waals surface area contributed by atoms with E-state index in [0.717, 1.165) is 43.4 Å². The van der Waals surface area contributed by atoms with Crippen molar-refractivity contribution in [1.82, 2.24) is 9.97 Å². The third-order valence-corrected chi connectivity index (χ3v) is 5.16. The van der Waals surface area contributed by atoms with Gasteiger partial charge in [0.15, 0.2) is 0 Å². The van der Waals surface area contributed by atoms with Crippen LogP contribution < -0.4 is 0 Å². The zero-order valence-corrected chi connectivity index (χ0v) is 17.2. The van der Waals surface area contributed by atoms with Crippen LogP contribution in [0.15, 0.2) is 73.7 Å². The summed E-state index contributed by atoms with van der Waals surface area (Å²) in [5.74, 6) is 0. The molecule has 0 spiro atoms. The molecule has 0 aliphatic rings. The Morgan fingerprint density at radius 3 is 2.48 bits per heavy atom. The highest BCUT2D eigenvalue weighted by atomic mass is 19.1. The molecule has 1 heterocycles. The zero-order valence-electron chi connectivity index (χ0n) is 17.2. The van der Waals surface area contributed by atoms with Crippen LogP contribution >= 0.6 is 0 Å². The summed E-state index contributed by atoms with van der Waals surface area (Å²) in [7, 11) is 0. The summed E-state index contributed by atoms with van der Waals surface area (Å²) < 4.78 is 12.8. The van der Waals surface area contributed by atoms with Gasteiger partial charge in [0.2, 0.25) is 0 Å². The predicted molar refractivity (Wildman–Crippen MR) is 120 cm³/mol. The number of benzene rings is 2. The van der Waals surface area contributed by atoms with Crippen molar-refractivity contribution in [3.05, 3.63) is 84.8 Å². The summed E-state index contributed by atoms with van der Waals surface area (Å²) in [5.41, 5.74) is 6.91. The summed E-state index contributed by atoms with van der Waals surface area (Å²) in [6.07, 6.45) is 12.1. The van der Waals surface area contributed by atoms with Crippen LogP contribution in [0.25, 0.3) is 22.4 Å². The summed E-state index contributed by atoms with van der Waals surface area (Å²) in [5, 5.41) is 0. The molecule has 0 aliphatic carbocycles. The lowest BCUT2D eigenvalue weighted by Crippen LogP contribution is -1.93. The second-order valence-electron chi connectivity index (χ2n) is 7.53. The molecule has 0 saturated heterocycles. The first-order valence-corrected chi connectivity index (χ1v) is 10.4. The number of unbranched alkanes of at least 4 members (excludes halogenated alkanes) is 2. The van der Waals surface area contributed by atoms with Crippen LogP contribution in [0.4, 0.5) is 4.39 Å². The van der Waals surface area contributed by atoms with Crippen molar-refractivity contribution in [2.45, 2.75) is 51.6 Å². The van der Waals surface area contributed by atoms with E-state index in [4.69, 9.17) is 0 Å². The summed E-state index contributed by atoms with van der Waals surface area (Å²) in [4.78, 5) is 8.63. The van der Waals surface area contributed by atoms with Gasteiger partial charge < -0.3 is 0 Å². The molecule has 150 valence electrons. The molecule has 3 heteroatoms. The van der Waals surface area contributed by atoms with Crippen LogP contribution in [-0.2, 0) is 12.8 Å². The Hall–Kier alpha value is -2.81. The Morgan fingerprint density at radius 1 is 1.00 bits per heavy atom. The SMILES string of the molecule is C=CCc1cc(-c2ccc(CCCCCC(C)F)cc2)ccc1-c1cnccn1. The van der Waals surface area contributed by atoms with Crippen LogP contribution in [0.1, 0.15) is 43.7 Å². The fourth-order valence-corrected chi connectivity index (χ4v) is 3.58. The molecular weight excluding hydrogens is 359 g/mol.